The van der Waals surface area contributed by atoms with E-state index in [0.29, 0.717) is 36.2 Å². The molecule has 176 valence electrons. The lowest BCUT2D eigenvalue weighted by molar-refractivity contribution is -0.141. The van der Waals surface area contributed by atoms with Gasteiger partial charge in [-0.15, -0.1) is 0 Å². The zero-order chi connectivity index (χ0) is 23.9. The molecule has 0 N–H and O–H groups in total. The number of carbonyl (C=O) groups excluding carboxylic acids is 1. The van der Waals surface area contributed by atoms with E-state index in [4.69, 9.17) is 4.74 Å². The number of pyridine rings is 1. The number of rotatable bonds is 4. The Morgan fingerprint density at radius 2 is 1.85 bits per heavy atom. The second-order valence-corrected chi connectivity index (χ2v) is 8.58. The molecule has 0 unspecified atom stereocenters. The van der Waals surface area contributed by atoms with Crippen LogP contribution in [0.3, 0.4) is 0 Å². The quantitative estimate of drug-likeness (QED) is 0.574. The van der Waals surface area contributed by atoms with Gasteiger partial charge in [-0.25, -0.2) is 19.9 Å². The average Bonchev–Trinajstić information content (AvgIpc) is 2.84. The molecule has 11 heteroatoms. The minimum Gasteiger partial charge on any atom is -0.471 e. The van der Waals surface area contributed by atoms with E-state index in [1.54, 1.807) is 35.6 Å². The number of hydrogen-bond acceptors (Lipinski definition) is 7. The Bertz CT molecular complexity index is 1190. The van der Waals surface area contributed by atoms with E-state index in [0.717, 1.165) is 24.6 Å². The molecule has 1 saturated carbocycles. The van der Waals surface area contributed by atoms with Crippen LogP contribution in [0, 0.1) is 12.8 Å². The molecule has 0 aromatic carbocycles. The van der Waals surface area contributed by atoms with Gasteiger partial charge < -0.3 is 9.64 Å². The van der Waals surface area contributed by atoms with Gasteiger partial charge in [0.1, 0.15) is 11.8 Å². The van der Waals surface area contributed by atoms with Crippen molar-refractivity contribution in [1.82, 2.24) is 29.8 Å². The number of piperidine rings is 2. The third kappa shape index (κ3) is 4.29. The number of fused-ring (bicyclic) bond motifs is 3. The highest BCUT2D eigenvalue weighted by molar-refractivity contribution is 5.99. The zero-order valence-corrected chi connectivity index (χ0v) is 18.2. The van der Waals surface area contributed by atoms with Crippen molar-refractivity contribution in [1.29, 1.82) is 0 Å². The van der Waals surface area contributed by atoms with Crippen molar-refractivity contribution in [2.75, 3.05) is 6.54 Å². The van der Waals surface area contributed by atoms with Crippen molar-refractivity contribution in [3.63, 3.8) is 0 Å². The van der Waals surface area contributed by atoms with Crippen molar-refractivity contribution in [3.05, 3.63) is 59.9 Å². The van der Waals surface area contributed by atoms with E-state index >= 15 is 0 Å². The molecule has 6 rings (SSSR count). The van der Waals surface area contributed by atoms with Crippen LogP contribution in [0.5, 0.6) is 5.88 Å². The smallest absolute Gasteiger partial charge is 0.434 e. The maximum absolute atomic E-state index is 13.7. The lowest BCUT2D eigenvalue weighted by atomic mass is 9.77. The molecule has 1 aliphatic carbocycles. The lowest BCUT2D eigenvalue weighted by Gasteiger charge is -2.49. The first-order chi connectivity index (χ1) is 16.3. The van der Waals surface area contributed by atoms with Gasteiger partial charge in [0.2, 0.25) is 5.88 Å². The molecule has 3 atom stereocenters. The van der Waals surface area contributed by atoms with Gasteiger partial charge in [-0.3, -0.25) is 9.78 Å². The molecule has 2 saturated heterocycles. The lowest BCUT2D eigenvalue weighted by Crippen LogP contribution is -2.59. The molecule has 3 aliphatic rings. The highest BCUT2D eigenvalue weighted by atomic mass is 19.4. The number of halogens is 3. The fourth-order valence-electron chi connectivity index (χ4n) is 4.66. The standard InChI is InChI=1S/C23H21F3N6O2/c1-13-7-15(20(31-9-13)21-27-5-2-6-28-21)22(33)32-12-14-3-4-16(32)17(8-14)34-19-11-29-18(10-30-19)23(24,25)26/h2,5-7,9-11,14,16-17H,3-4,8,12H2,1H3/t14-,16+,17-/m1/s1. The molecule has 3 aromatic heterocycles. The van der Waals surface area contributed by atoms with Gasteiger partial charge in [-0.2, -0.15) is 13.2 Å². The summed E-state index contributed by atoms with van der Waals surface area (Å²) in [5.41, 5.74) is 0.568. The van der Waals surface area contributed by atoms with Crippen molar-refractivity contribution in [2.45, 2.75) is 44.5 Å². The van der Waals surface area contributed by atoms with Crippen LogP contribution in [0.25, 0.3) is 11.5 Å². The van der Waals surface area contributed by atoms with Crippen LogP contribution in [-0.2, 0) is 6.18 Å². The van der Waals surface area contributed by atoms with Crippen LogP contribution in [0.1, 0.15) is 40.9 Å². The van der Waals surface area contributed by atoms with Gasteiger partial charge in [0, 0.05) is 25.1 Å². The number of alkyl halides is 3. The molecule has 0 spiro atoms. The van der Waals surface area contributed by atoms with Crippen LogP contribution in [0.2, 0.25) is 0 Å². The molecular formula is C23H21F3N6O2. The molecule has 3 aromatic rings. The van der Waals surface area contributed by atoms with Crippen LogP contribution < -0.4 is 4.74 Å². The summed E-state index contributed by atoms with van der Waals surface area (Å²) in [6.45, 7) is 2.43. The third-order valence-electron chi connectivity index (χ3n) is 6.20. The highest BCUT2D eigenvalue weighted by Crippen LogP contribution is 2.38. The first kappa shape index (κ1) is 22.2. The Kier molecular flexibility index (Phi) is 5.62. The fraction of sp³-hybridized carbons (Fsp3) is 0.391. The van der Waals surface area contributed by atoms with Gasteiger partial charge in [0.05, 0.1) is 24.0 Å². The molecule has 1 amide bonds. The first-order valence-electron chi connectivity index (χ1n) is 10.9. The summed E-state index contributed by atoms with van der Waals surface area (Å²) in [5.74, 6) is 0.394. The third-order valence-corrected chi connectivity index (χ3v) is 6.20. The van der Waals surface area contributed by atoms with E-state index in [2.05, 4.69) is 24.9 Å². The van der Waals surface area contributed by atoms with Gasteiger partial charge in [0.25, 0.3) is 5.91 Å². The topological polar surface area (TPSA) is 94.0 Å². The number of ether oxygens (including phenoxy) is 1. The SMILES string of the molecule is Cc1cnc(-c2ncccn2)c(C(=O)N2C[C@@H]3CC[C@H]2[C@H](Oc2cnc(C(F)(F)F)cn2)C3)c1. The van der Waals surface area contributed by atoms with Crippen molar-refractivity contribution in [3.8, 4) is 17.4 Å². The fourth-order valence-corrected chi connectivity index (χ4v) is 4.66. The molecule has 34 heavy (non-hydrogen) atoms. The largest absolute Gasteiger partial charge is 0.471 e. The Morgan fingerprint density at radius 1 is 1.06 bits per heavy atom. The number of carbonyl (C=O) groups is 1. The predicted molar refractivity (Wildman–Crippen MR) is 114 cm³/mol. The van der Waals surface area contributed by atoms with Gasteiger partial charge in [-0.05, 0) is 49.8 Å². The summed E-state index contributed by atoms with van der Waals surface area (Å²) in [5, 5.41) is 0. The molecular weight excluding hydrogens is 449 g/mol. The van der Waals surface area contributed by atoms with Crippen LogP contribution in [0.4, 0.5) is 13.2 Å². The van der Waals surface area contributed by atoms with E-state index in [9.17, 15) is 18.0 Å². The monoisotopic (exact) mass is 470 g/mol. The molecule has 0 radical (unpaired) electrons. The van der Waals surface area contributed by atoms with E-state index in [1.165, 1.54) is 0 Å². The number of amides is 1. The van der Waals surface area contributed by atoms with E-state index < -0.39 is 18.0 Å². The Balaban J connectivity index is 1.40. The van der Waals surface area contributed by atoms with E-state index in [1.807, 2.05) is 6.92 Å². The summed E-state index contributed by atoms with van der Waals surface area (Å²) in [6.07, 6.45) is 3.90. The number of aryl methyl sites for hydroxylation is 1. The summed E-state index contributed by atoms with van der Waals surface area (Å²) in [6, 6.07) is 3.22. The van der Waals surface area contributed by atoms with Crippen molar-refractivity contribution >= 4 is 5.91 Å². The minimum atomic E-state index is -4.57. The van der Waals surface area contributed by atoms with E-state index in [-0.39, 0.29) is 23.7 Å². The summed E-state index contributed by atoms with van der Waals surface area (Å²) < 4.78 is 44.3. The van der Waals surface area contributed by atoms with Crippen molar-refractivity contribution in [2.24, 2.45) is 5.92 Å². The number of hydrogen-bond donors (Lipinski definition) is 0. The maximum atomic E-state index is 13.7. The zero-order valence-electron chi connectivity index (χ0n) is 18.2. The Morgan fingerprint density at radius 3 is 2.53 bits per heavy atom. The highest BCUT2D eigenvalue weighted by Gasteiger charge is 2.45. The number of aromatic nitrogens is 5. The molecule has 2 bridgehead atoms. The summed E-state index contributed by atoms with van der Waals surface area (Å²) in [7, 11) is 0. The normalized spacial score (nSPS) is 22.0. The van der Waals surface area contributed by atoms with Gasteiger partial charge in [0.15, 0.2) is 11.5 Å². The van der Waals surface area contributed by atoms with Gasteiger partial charge in [-0.1, -0.05) is 0 Å². The maximum Gasteiger partial charge on any atom is 0.434 e. The molecule has 2 aliphatic heterocycles. The second kappa shape index (κ2) is 8.62. The summed E-state index contributed by atoms with van der Waals surface area (Å²) >= 11 is 0. The van der Waals surface area contributed by atoms with Crippen LogP contribution in [0.15, 0.2) is 43.1 Å². The van der Waals surface area contributed by atoms with Crippen LogP contribution >= 0.6 is 0 Å². The van der Waals surface area contributed by atoms with Crippen LogP contribution in [-0.4, -0.2) is 54.4 Å². The van der Waals surface area contributed by atoms with Gasteiger partial charge >= 0.3 is 6.18 Å². The minimum absolute atomic E-state index is 0.00791. The Labute approximate surface area is 193 Å². The summed E-state index contributed by atoms with van der Waals surface area (Å²) in [4.78, 5) is 35.6. The molecule has 5 heterocycles. The number of nitrogens with zero attached hydrogens (tertiary/aromatic N) is 6. The average molecular weight is 470 g/mol. The Hall–Kier alpha value is -3.63. The predicted octanol–water partition coefficient (Wildman–Crippen LogP) is 3.73. The first-order valence-corrected chi connectivity index (χ1v) is 10.9. The second-order valence-electron chi connectivity index (χ2n) is 8.58. The molecule has 8 nitrogen and oxygen atoms in total. The van der Waals surface area contributed by atoms with Crippen molar-refractivity contribution < 1.29 is 22.7 Å². The molecule has 3 fully saturated rings.